The van der Waals surface area contributed by atoms with Gasteiger partial charge in [-0.1, -0.05) is 6.07 Å². The number of nitrogens with two attached hydrogens (primary N) is 1. The van der Waals surface area contributed by atoms with Crippen molar-refractivity contribution in [3.8, 4) is 0 Å². The Balaban J connectivity index is 1.95. The second-order valence-corrected chi connectivity index (χ2v) is 5.85. The van der Waals surface area contributed by atoms with Crippen LogP contribution in [0.2, 0.25) is 0 Å². The summed E-state index contributed by atoms with van der Waals surface area (Å²) >= 11 is 1.83. The van der Waals surface area contributed by atoms with E-state index in [1.54, 1.807) is 0 Å². The van der Waals surface area contributed by atoms with Gasteiger partial charge in [0.25, 0.3) is 0 Å². The summed E-state index contributed by atoms with van der Waals surface area (Å²) < 4.78 is 5.70. The topological polar surface area (TPSA) is 38.5 Å². The maximum Gasteiger partial charge on any atom is 0.0743 e. The molecule has 1 aliphatic rings. The monoisotopic (exact) mass is 254 g/mol. The lowest BCUT2D eigenvalue weighted by Gasteiger charge is -2.40. The zero-order valence-corrected chi connectivity index (χ0v) is 11.5. The molecule has 1 aromatic rings. The molecule has 1 aromatic heterocycles. The number of ether oxygens (including phenoxy) is 1. The predicted octanol–water partition coefficient (Wildman–Crippen LogP) is 1.73. The first-order valence-corrected chi connectivity index (χ1v) is 7.12. The fourth-order valence-electron chi connectivity index (χ4n) is 2.65. The van der Waals surface area contributed by atoms with Gasteiger partial charge in [0, 0.05) is 24.6 Å². The minimum atomic E-state index is 0.0389. The molecular weight excluding hydrogens is 232 g/mol. The summed E-state index contributed by atoms with van der Waals surface area (Å²) in [6.45, 7) is 4.70. The average Bonchev–Trinajstić information content (AvgIpc) is 2.95. The van der Waals surface area contributed by atoms with E-state index in [1.807, 2.05) is 11.3 Å². The van der Waals surface area contributed by atoms with Gasteiger partial charge in [-0.15, -0.1) is 11.3 Å². The minimum Gasteiger partial charge on any atom is -0.376 e. The SMILES string of the molecule is CC1OCCC1(CN)N(C)CCc1cccs1. The molecular formula is C13H22N2OS. The third kappa shape index (κ3) is 2.55. The van der Waals surface area contributed by atoms with Gasteiger partial charge in [0.05, 0.1) is 11.6 Å². The van der Waals surface area contributed by atoms with Crippen molar-refractivity contribution in [1.29, 1.82) is 0 Å². The van der Waals surface area contributed by atoms with Crippen LogP contribution in [0.4, 0.5) is 0 Å². The summed E-state index contributed by atoms with van der Waals surface area (Å²) in [6, 6.07) is 4.31. The summed E-state index contributed by atoms with van der Waals surface area (Å²) in [5.41, 5.74) is 6.03. The molecule has 2 atom stereocenters. The van der Waals surface area contributed by atoms with Crippen molar-refractivity contribution in [2.24, 2.45) is 5.73 Å². The van der Waals surface area contributed by atoms with Crippen LogP contribution in [0, 0.1) is 0 Å². The molecule has 1 aliphatic heterocycles. The molecule has 2 unspecified atom stereocenters. The Bertz CT molecular complexity index is 341. The van der Waals surface area contributed by atoms with Crippen molar-refractivity contribution in [3.05, 3.63) is 22.4 Å². The number of hydrogen-bond donors (Lipinski definition) is 1. The second kappa shape index (κ2) is 5.48. The van der Waals surface area contributed by atoms with Crippen LogP contribution in [0.5, 0.6) is 0 Å². The normalized spacial score (nSPS) is 29.1. The van der Waals surface area contributed by atoms with Crippen LogP contribution in [0.1, 0.15) is 18.2 Å². The van der Waals surface area contributed by atoms with Crippen LogP contribution < -0.4 is 5.73 Å². The van der Waals surface area contributed by atoms with E-state index in [1.165, 1.54) is 4.88 Å². The van der Waals surface area contributed by atoms with Crippen LogP contribution in [0.3, 0.4) is 0 Å². The van der Waals surface area contributed by atoms with E-state index in [9.17, 15) is 0 Å². The molecule has 17 heavy (non-hydrogen) atoms. The molecule has 2 N–H and O–H groups in total. The van der Waals surface area contributed by atoms with Gasteiger partial charge in [0.15, 0.2) is 0 Å². The number of nitrogens with zero attached hydrogens (tertiary/aromatic N) is 1. The first kappa shape index (κ1) is 13.0. The minimum absolute atomic E-state index is 0.0389. The van der Waals surface area contributed by atoms with Gasteiger partial charge >= 0.3 is 0 Å². The van der Waals surface area contributed by atoms with Gasteiger partial charge in [-0.05, 0) is 38.3 Å². The molecule has 0 amide bonds. The molecule has 1 fully saturated rings. The predicted molar refractivity (Wildman–Crippen MR) is 72.5 cm³/mol. The van der Waals surface area contributed by atoms with Crippen molar-refractivity contribution in [2.75, 3.05) is 26.7 Å². The first-order chi connectivity index (χ1) is 8.19. The highest BCUT2D eigenvalue weighted by atomic mass is 32.1. The van der Waals surface area contributed by atoms with Crippen molar-refractivity contribution in [2.45, 2.75) is 31.4 Å². The number of hydrogen-bond acceptors (Lipinski definition) is 4. The van der Waals surface area contributed by atoms with Crippen LogP contribution in [0.15, 0.2) is 17.5 Å². The highest BCUT2D eigenvalue weighted by Crippen LogP contribution is 2.30. The lowest BCUT2D eigenvalue weighted by molar-refractivity contribution is 0.0290. The zero-order valence-electron chi connectivity index (χ0n) is 10.7. The van der Waals surface area contributed by atoms with Crippen molar-refractivity contribution >= 4 is 11.3 Å². The largest absolute Gasteiger partial charge is 0.376 e. The highest BCUT2D eigenvalue weighted by molar-refractivity contribution is 7.09. The van der Waals surface area contributed by atoms with Gasteiger partial charge in [0.1, 0.15) is 0 Å². The average molecular weight is 254 g/mol. The van der Waals surface area contributed by atoms with E-state index in [0.717, 1.165) is 26.0 Å². The maximum atomic E-state index is 5.99. The Kier molecular flexibility index (Phi) is 4.20. The molecule has 2 heterocycles. The third-order valence-corrected chi connectivity index (χ3v) is 4.98. The van der Waals surface area contributed by atoms with Crippen LogP contribution in [-0.4, -0.2) is 43.3 Å². The van der Waals surface area contributed by atoms with E-state index in [-0.39, 0.29) is 11.6 Å². The Morgan fingerprint density at radius 1 is 1.65 bits per heavy atom. The summed E-state index contributed by atoms with van der Waals surface area (Å²) in [7, 11) is 2.17. The zero-order chi connectivity index (χ0) is 12.3. The van der Waals surface area contributed by atoms with Gasteiger partial charge in [-0.25, -0.2) is 0 Å². The molecule has 3 nitrogen and oxygen atoms in total. The lowest BCUT2D eigenvalue weighted by Crippen LogP contribution is -2.57. The first-order valence-electron chi connectivity index (χ1n) is 6.24. The van der Waals surface area contributed by atoms with Gasteiger partial charge in [-0.2, -0.15) is 0 Å². The van der Waals surface area contributed by atoms with E-state index in [2.05, 4.69) is 36.4 Å². The molecule has 0 spiro atoms. The lowest BCUT2D eigenvalue weighted by atomic mass is 9.90. The smallest absolute Gasteiger partial charge is 0.0743 e. The van der Waals surface area contributed by atoms with Crippen molar-refractivity contribution in [1.82, 2.24) is 4.90 Å². The Hall–Kier alpha value is -0.420. The number of rotatable bonds is 5. The summed E-state index contributed by atoms with van der Waals surface area (Å²) in [4.78, 5) is 3.83. The van der Waals surface area contributed by atoms with E-state index in [0.29, 0.717) is 6.54 Å². The molecule has 2 rings (SSSR count). The van der Waals surface area contributed by atoms with Crippen molar-refractivity contribution in [3.63, 3.8) is 0 Å². The van der Waals surface area contributed by atoms with E-state index in [4.69, 9.17) is 10.5 Å². The Morgan fingerprint density at radius 3 is 3.00 bits per heavy atom. The summed E-state index contributed by atoms with van der Waals surface area (Å²) in [5, 5.41) is 2.13. The third-order valence-electron chi connectivity index (χ3n) is 4.05. The van der Waals surface area contributed by atoms with Crippen LogP contribution in [0.25, 0.3) is 0 Å². The standard InChI is InChI=1S/C13H22N2OS/c1-11-13(10-14,6-8-16-11)15(2)7-5-12-4-3-9-17-12/h3-4,9,11H,5-8,10,14H2,1-2H3. The highest BCUT2D eigenvalue weighted by Gasteiger charge is 2.43. The fourth-order valence-corrected chi connectivity index (χ4v) is 3.35. The Labute approximate surface area is 108 Å². The van der Waals surface area contributed by atoms with Crippen LogP contribution >= 0.6 is 11.3 Å². The van der Waals surface area contributed by atoms with Gasteiger partial charge in [-0.3, -0.25) is 4.90 Å². The van der Waals surface area contributed by atoms with Gasteiger partial charge < -0.3 is 10.5 Å². The molecule has 0 aliphatic carbocycles. The molecule has 96 valence electrons. The number of likely N-dealkylation sites (N-methyl/N-ethyl adjacent to an activating group) is 1. The van der Waals surface area contributed by atoms with Crippen molar-refractivity contribution < 1.29 is 4.74 Å². The summed E-state index contributed by atoms with van der Waals surface area (Å²) in [6.07, 6.45) is 2.38. The molecule has 0 saturated carbocycles. The molecule has 0 bridgehead atoms. The Morgan fingerprint density at radius 2 is 2.47 bits per heavy atom. The molecule has 0 aromatic carbocycles. The fraction of sp³-hybridized carbons (Fsp3) is 0.692. The second-order valence-electron chi connectivity index (χ2n) is 4.82. The summed E-state index contributed by atoms with van der Waals surface area (Å²) in [5.74, 6) is 0. The maximum absolute atomic E-state index is 5.99. The van der Waals surface area contributed by atoms with E-state index >= 15 is 0 Å². The molecule has 1 saturated heterocycles. The number of thiophene rings is 1. The quantitative estimate of drug-likeness (QED) is 0.869. The molecule has 4 heteroatoms. The van der Waals surface area contributed by atoms with E-state index < -0.39 is 0 Å². The van der Waals surface area contributed by atoms with Gasteiger partial charge in [0.2, 0.25) is 0 Å². The van der Waals surface area contributed by atoms with Crippen LogP contribution in [-0.2, 0) is 11.2 Å². The molecule has 0 radical (unpaired) electrons.